The fourth-order valence-electron chi connectivity index (χ4n) is 2.47. The molecule has 0 spiro atoms. The number of carbonyl (C=O) groups is 2. The predicted molar refractivity (Wildman–Crippen MR) is 105 cm³/mol. The second kappa shape index (κ2) is 7.69. The van der Waals surface area contributed by atoms with Crippen molar-refractivity contribution in [2.45, 2.75) is 6.54 Å². The molecular weight excluding hydrogens is 380 g/mol. The minimum atomic E-state index is -0.235. The Balaban J connectivity index is 1.39. The van der Waals surface area contributed by atoms with Crippen molar-refractivity contribution in [3.63, 3.8) is 0 Å². The van der Waals surface area contributed by atoms with E-state index in [1.807, 2.05) is 36.4 Å². The molecule has 27 heavy (non-hydrogen) atoms. The molecule has 0 aliphatic heterocycles. The Bertz CT molecular complexity index is 1070. The van der Waals surface area contributed by atoms with E-state index in [-0.39, 0.29) is 11.7 Å². The van der Waals surface area contributed by atoms with Gasteiger partial charge < -0.3 is 9.73 Å². The standard InChI is InChI=1S/C20H14N2O3S2/c23-18(16-7-4-10-25-16)17-9-8-14(27-17)11-21-19(24)15-12-26-20(22-15)13-5-2-1-3-6-13/h1-10,12H,11H2,(H,21,24). The number of benzene rings is 1. The van der Waals surface area contributed by atoms with Gasteiger partial charge in [0.25, 0.3) is 5.91 Å². The number of furan rings is 1. The SMILES string of the molecule is O=C(NCc1ccc(C(=O)c2ccco2)s1)c1csc(-c2ccccc2)n1. The Kier molecular flexibility index (Phi) is 4.95. The molecular formula is C20H14N2O3S2. The van der Waals surface area contributed by atoms with E-state index in [0.29, 0.717) is 22.9 Å². The molecule has 1 aromatic carbocycles. The average Bonchev–Trinajstić information content (AvgIpc) is 3.48. The Hall–Kier alpha value is -3.03. The van der Waals surface area contributed by atoms with Crippen molar-refractivity contribution in [2.24, 2.45) is 0 Å². The molecule has 1 N–H and O–H groups in total. The summed E-state index contributed by atoms with van der Waals surface area (Å²) in [5, 5.41) is 5.40. The van der Waals surface area contributed by atoms with Gasteiger partial charge in [-0.1, -0.05) is 30.3 Å². The fraction of sp³-hybridized carbons (Fsp3) is 0.0500. The van der Waals surface area contributed by atoms with Crippen molar-refractivity contribution < 1.29 is 14.0 Å². The Labute approximate surface area is 163 Å². The monoisotopic (exact) mass is 394 g/mol. The number of ketones is 1. The van der Waals surface area contributed by atoms with Gasteiger partial charge in [-0.25, -0.2) is 4.98 Å². The predicted octanol–water partition coefficient (Wildman–Crippen LogP) is 4.63. The van der Waals surface area contributed by atoms with Crippen LogP contribution in [0.15, 0.2) is 70.7 Å². The molecule has 0 saturated carbocycles. The molecule has 0 aliphatic carbocycles. The number of thiazole rings is 1. The topological polar surface area (TPSA) is 72.2 Å². The van der Waals surface area contributed by atoms with Crippen molar-refractivity contribution in [3.8, 4) is 10.6 Å². The van der Waals surface area contributed by atoms with Crippen LogP contribution in [0.3, 0.4) is 0 Å². The van der Waals surface area contributed by atoms with E-state index in [1.165, 1.54) is 28.9 Å². The second-order valence-corrected chi connectivity index (χ2v) is 7.69. The van der Waals surface area contributed by atoms with E-state index in [9.17, 15) is 9.59 Å². The van der Waals surface area contributed by atoms with Crippen LogP contribution in [-0.4, -0.2) is 16.7 Å². The zero-order chi connectivity index (χ0) is 18.6. The number of hydrogen-bond acceptors (Lipinski definition) is 6. The van der Waals surface area contributed by atoms with E-state index >= 15 is 0 Å². The van der Waals surface area contributed by atoms with E-state index in [2.05, 4.69) is 10.3 Å². The summed E-state index contributed by atoms with van der Waals surface area (Å²) in [6.07, 6.45) is 1.47. The summed E-state index contributed by atoms with van der Waals surface area (Å²) in [6.45, 7) is 0.340. The molecule has 4 aromatic rings. The first-order valence-corrected chi connectivity index (χ1v) is 9.86. The number of thiophene rings is 1. The maximum absolute atomic E-state index is 12.3. The van der Waals surface area contributed by atoms with E-state index < -0.39 is 0 Å². The van der Waals surface area contributed by atoms with Crippen molar-refractivity contribution in [1.29, 1.82) is 0 Å². The number of rotatable bonds is 6. The molecule has 3 aromatic heterocycles. The molecule has 0 saturated heterocycles. The first-order chi connectivity index (χ1) is 13.2. The lowest BCUT2D eigenvalue weighted by Gasteiger charge is -2.00. The number of nitrogens with one attached hydrogen (secondary N) is 1. The van der Waals surface area contributed by atoms with E-state index in [1.54, 1.807) is 23.6 Å². The van der Waals surface area contributed by atoms with Crippen molar-refractivity contribution in [1.82, 2.24) is 10.3 Å². The summed E-state index contributed by atoms with van der Waals surface area (Å²) in [7, 11) is 0. The maximum Gasteiger partial charge on any atom is 0.271 e. The van der Waals surface area contributed by atoms with Gasteiger partial charge in [-0.3, -0.25) is 9.59 Å². The van der Waals surface area contributed by atoms with Gasteiger partial charge in [0.2, 0.25) is 5.78 Å². The lowest BCUT2D eigenvalue weighted by molar-refractivity contribution is 0.0946. The van der Waals surface area contributed by atoms with Crippen molar-refractivity contribution >= 4 is 34.4 Å². The van der Waals surface area contributed by atoms with Gasteiger partial charge >= 0.3 is 0 Å². The molecule has 7 heteroatoms. The van der Waals surface area contributed by atoms with Crippen LogP contribution >= 0.6 is 22.7 Å². The van der Waals surface area contributed by atoms with Crippen LogP contribution in [0.2, 0.25) is 0 Å². The van der Waals surface area contributed by atoms with E-state index in [4.69, 9.17) is 4.42 Å². The molecule has 4 rings (SSSR count). The highest BCUT2D eigenvalue weighted by Gasteiger charge is 2.15. The number of hydrogen-bond donors (Lipinski definition) is 1. The van der Waals surface area contributed by atoms with Gasteiger partial charge in [-0.05, 0) is 24.3 Å². The van der Waals surface area contributed by atoms with Gasteiger partial charge in [-0.2, -0.15) is 0 Å². The summed E-state index contributed by atoms with van der Waals surface area (Å²) >= 11 is 2.77. The highest BCUT2D eigenvalue weighted by molar-refractivity contribution is 7.14. The third kappa shape index (κ3) is 3.89. The van der Waals surface area contributed by atoms with Gasteiger partial charge in [0, 0.05) is 15.8 Å². The van der Waals surface area contributed by atoms with Crippen LogP contribution in [0.5, 0.6) is 0 Å². The third-order valence-electron chi connectivity index (χ3n) is 3.81. The number of nitrogens with zero attached hydrogens (tertiary/aromatic N) is 1. The largest absolute Gasteiger partial charge is 0.461 e. The molecule has 1 amide bonds. The molecule has 0 unspecified atom stereocenters. The highest BCUT2D eigenvalue weighted by atomic mass is 32.1. The minimum Gasteiger partial charge on any atom is -0.461 e. The number of amides is 1. The van der Waals surface area contributed by atoms with Crippen LogP contribution in [0.4, 0.5) is 0 Å². The molecule has 3 heterocycles. The zero-order valence-electron chi connectivity index (χ0n) is 14.0. The summed E-state index contributed by atoms with van der Waals surface area (Å²) in [5.41, 5.74) is 1.38. The third-order valence-corrected chi connectivity index (χ3v) is 5.79. The summed E-state index contributed by atoms with van der Waals surface area (Å²) in [6, 6.07) is 16.6. The van der Waals surface area contributed by atoms with Crippen LogP contribution in [-0.2, 0) is 6.54 Å². The molecule has 134 valence electrons. The summed E-state index contributed by atoms with van der Waals surface area (Å²) < 4.78 is 5.13. The van der Waals surface area contributed by atoms with Crippen LogP contribution in [0, 0.1) is 0 Å². The lowest BCUT2D eigenvalue weighted by Crippen LogP contribution is -2.22. The van der Waals surface area contributed by atoms with E-state index in [0.717, 1.165) is 15.4 Å². The highest BCUT2D eigenvalue weighted by Crippen LogP contribution is 2.24. The fourth-order valence-corrected chi connectivity index (χ4v) is 4.17. The molecule has 5 nitrogen and oxygen atoms in total. The Morgan fingerprint density at radius 3 is 2.67 bits per heavy atom. The van der Waals surface area contributed by atoms with Crippen LogP contribution in [0.25, 0.3) is 10.6 Å². The van der Waals surface area contributed by atoms with Gasteiger partial charge in [0.15, 0.2) is 5.76 Å². The molecule has 0 atom stereocenters. The van der Waals surface area contributed by atoms with Crippen LogP contribution < -0.4 is 5.32 Å². The molecule has 0 radical (unpaired) electrons. The molecule has 0 aliphatic rings. The first-order valence-electron chi connectivity index (χ1n) is 8.17. The van der Waals surface area contributed by atoms with Crippen molar-refractivity contribution in [2.75, 3.05) is 0 Å². The van der Waals surface area contributed by atoms with Gasteiger partial charge in [-0.15, -0.1) is 22.7 Å². The molecule has 0 fully saturated rings. The summed E-state index contributed by atoms with van der Waals surface area (Å²) in [5.74, 6) is -0.0846. The number of carbonyl (C=O) groups excluding carboxylic acids is 2. The number of aromatic nitrogens is 1. The van der Waals surface area contributed by atoms with Gasteiger partial charge in [0.05, 0.1) is 17.7 Å². The normalized spacial score (nSPS) is 10.7. The Morgan fingerprint density at radius 1 is 1.04 bits per heavy atom. The minimum absolute atomic E-state index is 0.158. The Morgan fingerprint density at radius 2 is 1.89 bits per heavy atom. The average molecular weight is 394 g/mol. The van der Waals surface area contributed by atoms with Crippen molar-refractivity contribution in [3.05, 3.63) is 87.4 Å². The zero-order valence-corrected chi connectivity index (χ0v) is 15.7. The summed E-state index contributed by atoms with van der Waals surface area (Å²) in [4.78, 5) is 30.5. The lowest BCUT2D eigenvalue weighted by atomic mass is 10.2. The quantitative estimate of drug-likeness (QED) is 0.484. The van der Waals surface area contributed by atoms with Crippen LogP contribution in [0.1, 0.15) is 30.8 Å². The second-order valence-electron chi connectivity index (χ2n) is 5.66. The smallest absolute Gasteiger partial charge is 0.271 e. The molecule has 0 bridgehead atoms. The maximum atomic E-state index is 12.3. The first kappa shape index (κ1) is 17.4. The van der Waals surface area contributed by atoms with Gasteiger partial charge in [0.1, 0.15) is 10.7 Å².